The largest absolute Gasteiger partial charge is 0.374 e. The van der Waals surface area contributed by atoms with Crippen molar-refractivity contribution in [2.45, 2.75) is 13.5 Å². The van der Waals surface area contributed by atoms with Crippen molar-refractivity contribution in [2.75, 3.05) is 5.32 Å². The van der Waals surface area contributed by atoms with E-state index in [2.05, 4.69) is 20.3 Å². The maximum Gasteiger partial charge on any atom is 0.293 e. The molecule has 0 radical (unpaired) electrons. The van der Waals surface area contributed by atoms with Crippen LogP contribution in [0.2, 0.25) is 0 Å². The number of aromatic nitrogens is 3. The second-order valence-electron chi connectivity index (χ2n) is 4.59. The summed E-state index contributed by atoms with van der Waals surface area (Å²) >= 11 is 1.48. The summed E-state index contributed by atoms with van der Waals surface area (Å²) in [6.45, 7) is 2.30. The van der Waals surface area contributed by atoms with Gasteiger partial charge < -0.3 is 10.3 Å². The number of rotatable bonds is 4. The summed E-state index contributed by atoms with van der Waals surface area (Å²) in [5.74, 6) is 0. The molecule has 0 bridgehead atoms. The average molecular weight is 317 g/mol. The molecule has 0 fully saturated rings. The quantitative estimate of drug-likeness (QED) is 0.563. The fourth-order valence-corrected chi connectivity index (χ4v) is 2.78. The molecule has 3 aromatic rings. The Kier molecular flexibility index (Phi) is 3.55. The van der Waals surface area contributed by atoms with Crippen LogP contribution < -0.4 is 10.9 Å². The highest BCUT2D eigenvalue weighted by Gasteiger charge is 2.17. The Hall–Kier alpha value is -2.81. The lowest BCUT2D eigenvalue weighted by molar-refractivity contribution is -0.383. The van der Waals surface area contributed by atoms with Gasteiger partial charge in [-0.2, -0.15) is 0 Å². The van der Waals surface area contributed by atoms with Crippen LogP contribution in [-0.4, -0.2) is 19.9 Å². The Morgan fingerprint density at radius 1 is 1.41 bits per heavy atom. The molecule has 0 atom stereocenters. The van der Waals surface area contributed by atoms with E-state index in [0.717, 1.165) is 10.6 Å². The topological polar surface area (TPSA) is 114 Å². The van der Waals surface area contributed by atoms with E-state index in [-0.39, 0.29) is 11.1 Å². The number of thiazole rings is 1. The molecular formula is C13H11N5O3S. The van der Waals surface area contributed by atoms with E-state index in [4.69, 9.17) is 0 Å². The van der Waals surface area contributed by atoms with Gasteiger partial charge in [-0.3, -0.25) is 14.9 Å². The van der Waals surface area contributed by atoms with Gasteiger partial charge in [0.25, 0.3) is 11.2 Å². The normalized spacial score (nSPS) is 10.8. The van der Waals surface area contributed by atoms with Crippen LogP contribution >= 0.6 is 11.3 Å². The van der Waals surface area contributed by atoms with Crippen molar-refractivity contribution in [2.24, 2.45) is 0 Å². The van der Waals surface area contributed by atoms with Crippen molar-refractivity contribution in [1.29, 1.82) is 0 Å². The Labute approximate surface area is 128 Å². The first-order valence-electron chi connectivity index (χ1n) is 6.35. The maximum atomic E-state index is 11.7. The number of nitrogens with one attached hydrogen (secondary N) is 2. The number of aromatic amines is 1. The van der Waals surface area contributed by atoms with Gasteiger partial charge in [0.1, 0.15) is 5.69 Å². The van der Waals surface area contributed by atoms with Crippen LogP contribution in [0.25, 0.3) is 10.9 Å². The number of nitro benzene ring substituents is 1. The summed E-state index contributed by atoms with van der Waals surface area (Å²) in [7, 11) is 0. The van der Waals surface area contributed by atoms with Gasteiger partial charge in [0, 0.05) is 10.9 Å². The van der Waals surface area contributed by atoms with Crippen molar-refractivity contribution >= 4 is 33.6 Å². The molecule has 0 spiro atoms. The van der Waals surface area contributed by atoms with Crippen molar-refractivity contribution in [1.82, 2.24) is 15.0 Å². The average Bonchev–Trinajstić information content (AvgIpc) is 2.90. The van der Waals surface area contributed by atoms with E-state index < -0.39 is 10.5 Å². The third-order valence-corrected chi connectivity index (χ3v) is 4.17. The number of anilines is 1. The number of aryl methyl sites for hydroxylation is 1. The first-order chi connectivity index (χ1) is 10.6. The summed E-state index contributed by atoms with van der Waals surface area (Å²) in [4.78, 5) is 34.0. The predicted octanol–water partition coefficient (Wildman–Crippen LogP) is 2.21. The Morgan fingerprint density at radius 3 is 2.91 bits per heavy atom. The summed E-state index contributed by atoms with van der Waals surface area (Å²) < 4.78 is 0. The minimum atomic E-state index is -0.520. The first-order valence-corrected chi connectivity index (χ1v) is 7.23. The molecule has 0 saturated heterocycles. The molecule has 8 nitrogen and oxygen atoms in total. The highest BCUT2D eigenvalue weighted by atomic mass is 32.1. The van der Waals surface area contributed by atoms with E-state index in [1.54, 1.807) is 5.51 Å². The Bertz CT molecular complexity index is 917. The molecule has 0 amide bonds. The molecule has 2 heterocycles. The lowest BCUT2D eigenvalue weighted by Crippen LogP contribution is -2.08. The molecule has 0 aliphatic rings. The summed E-state index contributed by atoms with van der Waals surface area (Å²) in [5, 5.41) is 14.4. The molecule has 2 N–H and O–H groups in total. The van der Waals surface area contributed by atoms with Crippen molar-refractivity contribution in [3.63, 3.8) is 0 Å². The van der Waals surface area contributed by atoms with E-state index in [0.29, 0.717) is 17.7 Å². The SMILES string of the molecule is Cc1ncsc1CNc1cc2nc[nH]c(=O)c2cc1[N+](=O)[O-]. The molecule has 22 heavy (non-hydrogen) atoms. The van der Waals surface area contributed by atoms with Crippen LogP contribution in [0.3, 0.4) is 0 Å². The van der Waals surface area contributed by atoms with Crippen LogP contribution in [0.1, 0.15) is 10.6 Å². The van der Waals surface area contributed by atoms with Gasteiger partial charge >= 0.3 is 0 Å². The highest BCUT2D eigenvalue weighted by Crippen LogP contribution is 2.28. The van der Waals surface area contributed by atoms with Gasteiger partial charge in [-0.1, -0.05) is 0 Å². The fourth-order valence-electron chi connectivity index (χ4n) is 2.07. The number of hydrogen-bond acceptors (Lipinski definition) is 7. The van der Waals surface area contributed by atoms with E-state index in [1.165, 1.54) is 29.8 Å². The smallest absolute Gasteiger partial charge is 0.293 e. The zero-order valence-corrected chi connectivity index (χ0v) is 12.3. The molecule has 2 aromatic heterocycles. The summed E-state index contributed by atoms with van der Waals surface area (Å²) in [6, 6.07) is 2.75. The summed E-state index contributed by atoms with van der Waals surface area (Å²) in [6.07, 6.45) is 1.27. The molecule has 0 saturated carbocycles. The first kappa shape index (κ1) is 14.1. The molecule has 3 rings (SSSR count). The fraction of sp³-hybridized carbons (Fsp3) is 0.154. The number of fused-ring (bicyclic) bond motifs is 1. The molecule has 9 heteroatoms. The number of H-pyrrole nitrogens is 1. The molecule has 0 aliphatic heterocycles. The van der Waals surface area contributed by atoms with E-state index in [1.807, 2.05) is 6.92 Å². The Balaban J connectivity index is 2.04. The van der Waals surface area contributed by atoms with Crippen LogP contribution in [0.15, 0.2) is 28.8 Å². The van der Waals surface area contributed by atoms with Gasteiger partial charge in [0.05, 0.1) is 39.9 Å². The maximum absolute atomic E-state index is 11.7. The molecule has 0 aliphatic carbocycles. The standard InChI is InChI=1S/C13H11N5O3S/c1-7-12(22-6-17-7)4-14-10-3-9-8(2-11(10)18(20)21)13(19)16-5-15-9/h2-3,5-6,14H,4H2,1H3,(H,15,16,19). The molecule has 112 valence electrons. The second-order valence-corrected chi connectivity index (χ2v) is 5.53. The number of nitro groups is 1. The van der Waals surface area contributed by atoms with Crippen molar-refractivity contribution in [3.05, 3.63) is 55.0 Å². The van der Waals surface area contributed by atoms with Gasteiger partial charge in [-0.05, 0) is 13.0 Å². The second kappa shape index (κ2) is 5.53. The molecule has 0 unspecified atom stereocenters. The lowest BCUT2D eigenvalue weighted by atomic mass is 10.2. The number of hydrogen-bond donors (Lipinski definition) is 2. The zero-order chi connectivity index (χ0) is 15.7. The minimum absolute atomic E-state index is 0.159. The lowest BCUT2D eigenvalue weighted by Gasteiger charge is -2.07. The minimum Gasteiger partial charge on any atom is -0.374 e. The Morgan fingerprint density at radius 2 is 2.23 bits per heavy atom. The van der Waals surface area contributed by atoms with Crippen LogP contribution in [0.5, 0.6) is 0 Å². The van der Waals surface area contributed by atoms with Crippen LogP contribution in [0, 0.1) is 17.0 Å². The van der Waals surface area contributed by atoms with Crippen molar-refractivity contribution < 1.29 is 4.92 Å². The predicted molar refractivity (Wildman–Crippen MR) is 83.2 cm³/mol. The van der Waals surface area contributed by atoms with Crippen molar-refractivity contribution in [3.8, 4) is 0 Å². The summed E-state index contributed by atoms with van der Waals surface area (Å²) in [5.41, 5.74) is 2.77. The monoisotopic (exact) mass is 317 g/mol. The highest BCUT2D eigenvalue weighted by molar-refractivity contribution is 7.09. The van der Waals surface area contributed by atoms with Crippen LogP contribution in [0.4, 0.5) is 11.4 Å². The van der Waals surface area contributed by atoms with Gasteiger partial charge in [-0.15, -0.1) is 11.3 Å². The number of benzene rings is 1. The third-order valence-electron chi connectivity index (χ3n) is 3.24. The van der Waals surface area contributed by atoms with Gasteiger partial charge in [-0.25, -0.2) is 9.97 Å². The van der Waals surface area contributed by atoms with Gasteiger partial charge in [0.2, 0.25) is 0 Å². The molecular weight excluding hydrogens is 306 g/mol. The van der Waals surface area contributed by atoms with Gasteiger partial charge in [0.15, 0.2) is 0 Å². The zero-order valence-electron chi connectivity index (χ0n) is 11.5. The number of nitrogens with zero attached hydrogens (tertiary/aromatic N) is 3. The van der Waals surface area contributed by atoms with E-state index in [9.17, 15) is 14.9 Å². The van der Waals surface area contributed by atoms with Crippen LogP contribution in [-0.2, 0) is 6.54 Å². The third kappa shape index (κ3) is 2.53. The molecule has 1 aromatic carbocycles. The van der Waals surface area contributed by atoms with E-state index >= 15 is 0 Å².